The molecule has 6 heteroatoms. The second-order valence-electron chi connectivity index (χ2n) is 9.75. The van der Waals surface area contributed by atoms with E-state index >= 15 is 0 Å². The smallest absolute Gasteiger partial charge is 0.410 e. The lowest BCUT2D eigenvalue weighted by Gasteiger charge is -2.46. The van der Waals surface area contributed by atoms with Gasteiger partial charge >= 0.3 is 6.09 Å². The highest BCUT2D eigenvalue weighted by atomic mass is 16.6. The van der Waals surface area contributed by atoms with E-state index in [0.717, 1.165) is 37.7 Å². The maximum atomic E-state index is 13.1. The van der Waals surface area contributed by atoms with E-state index in [0.29, 0.717) is 26.2 Å². The molecule has 2 heterocycles. The minimum absolute atomic E-state index is 0.125. The van der Waals surface area contributed by atoms with Gasteiger partial charge in [-0.25, -0.2) is 4.79 Å². The molecule has 29 heavy (non-hydrogen) atoms. The average molecular weight is 401 g/mol. The van der Waals surface area contributed by atoms with Crippen molar-refractivity contribution in [3.05, 3.63) is 35.9 Å². The molecule has 158 valence electrons. The fraction of sp³-hybridized carbons (Fsp3) is 0.652. The summed E-state index contributed by atoms with van der Waals surface area (Å²) in [5.74, 6) is 0.125. The molecular weight excluding hydrogens is 368 g/mol. The molecule has 3 fully saturated rings. The first-order chi connectivity index (χ1) is 13.7. The lowest BCUT2D eigenvalue weighted by Crippen LogP contribution is -2.60. The fourth-order valence-corrected chi connectivity index (χ4v) is 4.50. The summed E-state index contributed by atoms with van der Waals surface area (Å²) in [5.41, 5.74) is -0.374. The van der Waals surface area contributed by atoms with E-state index in [1.807, 2.05) is 43.9 Å². The molecule has 1 aromatic carbocycles. The summed E-state index contributed by atoms with van der Waals surface area (Å²) in [4.78, 5) is 29.4. The van der Waals surface area contributed by atoms with E-state index in [9.17, 15) is 9.59 Å². The largest absolute Gasteiger partial charge is 0.444 e. The molecule has 2 spiro atoms. The molecule has 1 aromatic rings. The molecule has 2 saturated heterocycles. The van der Waals surface area contributed by atoms with Crippen molar-refractivity contribution >= 4 is 12.0 Å². The molecule has 4 rings (SSSR count). The first kappa shape index (κ1) is 20.2. The molecule has 6 nitrogen and oxygen atoms in total. The molecule has 0 aromatic heterocycles. The number of amides is 2. The molecule has 1 aliphatic carbocycles. The van der Waals surface area contributed by atoms with Gasteiger partial charge in [0.25, 0.3) is 5.91 Å². The van der Waals surface area contributed by atoms with Gasteiger partial charge in [0.1, 0.15) is 11.2 Å². The number of nitrogens with zero attached hydrogens (tertiary/aromatic N) is 2. The Morgan fingerprint density at radius 2 is 1.83 bits per heavy atom. The van der Waals surface area contributed by atoms with Crippen LogP contribution in [0.25, 0.3) is 0 Å². The van der Waals surface area contributed by atoms with Gasteiger partial charge in [0.05, 0.1) is 12.1 Å². The summed E-state index contributed by atoms with van der Waals surface area (Å²) in [6, 6.07) is 10.1. The standard InChI is InChI=1S/C23H32N2O4/c1-21(2,3)28-20(27)24-14-7-10-22(13-15-24)17-25(16-18-8-5-4-6-9-18)19(26)23(29-22)11-12-23/h4-6,8-9H,7,10-17H2,1-3H3. The maximum absolute atomic E-state index is 13.1. The monoisotopic (exact) mass is 400 g/mol. The Hall–Kier alpha value is -2.08. The Morgan fingerprint density at radius 1 is 1.10 bits per heavy atom. The van der Waals surface area contributed by atoms with Crippen molar-refractivity contribution in [3.63, 3.8) is 0 Å². The molecular formula is C23H32N2O4. The van der Waals surface area contributed by atoms with Crippen LogP contribution in [-0.4, -0.2) is 58.2 Å². The van der Waals surface area contributed by atoms with Gasteiger partial charge in [0, 0.05) is 19.6 Å². The van der Waals surface area contributed by atoms with Gasteiger partial charge in [0.2, 0.25) is 0 Å². The van der Waals surface area contributed by atoms with Crippen LogP contribution in [-0.2, 0) is 20.8 Å². The van der Waals surface area contributed by atoms with Crippen LogP contribution in [0, 0.1) is 0 Å². The third-order valence-electron chi connectivity index (χ3n) is 6.04. The summed E-state index contributed by atoms with van der Waals surface area (Å²) < 4.78 is 12.1. The summed E-state index contributed by atoms with van der Waals surface area (Å²) in [7, 11) is 0. The topological polar surface area (TPSA) is 59.1 Å². The normalized spacial score (nSPS) is 26.5. The van der Waals surface area contributed by atoms with Gasteiger partial charge in [0.15, 0.2) is 0 Å². The third-order valence-corrected chi connectivity index (χ3v) is 6.04. The van der Waals surface area contributed by atoms with Crippen molar-refractivity contribution in [3.8, 4) is 0 Å². The Morgan fingerprint density at radius 3 is 2.48 bits per heavy atom. The second-order valence-corrected chi connectivity index (χ2v) is 9.75. The minimum Gasteiger partial charge on any atom is -0.444 e. The minimum atomic E-state index is -0.631. The zero-order chi connectivity index (χ0) is 20.7. The lowest BCUT2D eigenvalue weighted by atomic mass is 9.90. The van der Waals surface area contributed by atoms with Crippen molar-refractivity contribution in [2.24, 2.45) is 0 Å². The summed E-state index contributed by atoms with van der Waals surface area (Å²) in [6.07, 6.45) is 3.77. The van der Waals surface area contributed by atoms with E-state index in [1.165, 1.54) is 0 Å². The highest BCUT2D eigenvalue weighted by molar-refractivity contribution is 5.89. The molecule has 0 bridgehead atoms. The SMILES string of the molecule is CC(C)(C)OC(=O)N1CCCC2(CC1)CN(Cc1ccccc1)C(=O)C1(CC1)O2. The van der Waals surface area contributed by atoms with Gasteiger partial charge in [-0.1, -0.05) is 30.3 Å². The van der Waals surface area contributed by atoms with E-state index in [1.54, 1.807) is 4.90 Å². The summed E-state index contributed by atoms with van der Waals surface area (Å²) in [6.45, 7) is 8.13. The molecule has 2 aliphatic heterocycles. The second kappa shape index (κ2) is 7.31. The number of hydrogen-bond donors (Lipinski definition) is 0. The van der Waals surface area contributed by atoms with Crippen molar-refractivity contribution in [2.75, 3.05) is 19.6 Å². The number of likely N-dealkylation sites (tertiary alicyclic amines) is 1. The molecule has 1 unspecified atom stereocenters. The molecule has 0 N–H and O–H groups in total. The molecule has 3 aliphatic rings. The van der Waals surface area contributed by atoms with Crippen molar-refractivity contribution in [2.45, 2.75) is 76.2 Å². The van der Waals surface area contributed by atoms with Gasteiger partial charge in [-0.2, -0.15) is 0 Å². The zero-order valence-corrected chi connectivity index (χ0v) is 17.8. The van der Waals surface area contributed by atoms with Crippen LogP contribution < -0.4 is 0 Å². The molecule has 2 amide bonds. The van der Waals surface area contributed by atoms with Crippen molar-refractivity contribution in [1.82, 2.24) is 9.80 Å². The first-order valence-electron chi connectivity index (χ1n) is 10.7. The zero-order valence-electron chi connectivity index (χ0n) is 17.8. The predicted octanol–water partition coefficient (Wildman–Crippen LogP) is 3.74. The summed E-state index contributed by atoms with van der Waals surface area (Å²) >= 11 is 0. The molecule has 1 atom stereocenters. The fourth-order valence-electron chi connectivity index (χ4n) is 4.50. The van der Waals surface area contributed by atoms with Crippen LogP contribution in [0.1, 0.15) is 58.4 Å². The number of carbonyl (C=O) groups is 2. The van der Waals surface area contributed by atoms with Gasteiger partial charge in [-0.05, 0) is 58.4 Å². The average Bonchev–Trinajstić information content (AvgIpc) is 3.44. The van der Waals surface area contributed by atoms with Gasteiger partial charge in [-0.15, -0.1) is 0 Å². The number of benzene rings is 1. The van der Waals surface area contributed by atoms with Crippen molar-refractivity contribution in [1.29, 1.82) is 0 Å². The van der Waals surface area contributed by atoms with Crippen LogP contribution in [0.3, 0.4) is 0 Å². The Labute approximate surface area is 173 Å². The maximum Gasteiger partial charge on any atom is 0.410 e. The van der Waals surface area contributed by atoms with E-state index in [4.69, 9.17) is 9.47 Å². The number of ether oxygens (including phenoxy) is 2. The number of morpholine rings is 1. The van der Waals surface area contributed by atoms with Crippen LogP contribution in [0.2, 0.25) is 0 Å². The Bertz CT molecular complexity index is 769. The van der Waals surface area contributed by atoms with Gasteiger partial charge in [-0.3, -0.25) is 4.79 Å². The first-order valence-corrected chi connectivity index (χ1v) is 10.7. The van der Waals surface area contributed by atoms with E-state index in [2.05, 4.69) is 12.1 Å². The Balaban J connectivity index is 1.48. The molecule has 0 radical (unpaired) electrons. The highest BCUT2D eigenvalue weighted by Gasteiger charge is 2.61. The van der Waals surface area contributed by atoms with Crippen LogP contribution in [0.5, 0.6) is 0 Å². The van der Waals surface area contributed by atoms with Crippen LogP contribution >= 0.6 is 0 Å². The summed E-state index contributed by atoms with van der Waals surface area (Å²) in [5, 5.41) is 0. The van der Waals surface area contributed by atoms with E-state index < -0.39 is 11.2 Å². The van der Waals surface area contributed by atoms with E-state index in [-0.39, 0.29) is 17.6 Å². The van der Waals surface area contributed by atoms with Crippen molar-refractivity contribution < 1.29 is 19.1 Å². The highest BCUT2D eigenvalue weighted by Crippen LogP contribution is 2.50. The van der Waals surface area contributed by atoms with Crippen LogP contribution in [0.15, 0.2) is 30.3 Å². The molecule has 1 saturated carbocycles. The number of hydrogen-bond acceptors (Lipinski definition) is 4. The predicted molar refractivity (Wildman–Crippen MR) is 109 cm³/mol. The van der Waals surface area contributed by atoms with Crippen LogP contribution in [0.4, 0.5) is 4.79 Å². The lowest BCUT2D eigenvalue weighted by molar-refractivity contribution is -0.194. The number of carbonyl (C=O) groups excluding carboxylic acids is 2. The van der Waals surface area contributed by atoms with Gasteiger partial charge < -0.3 is 19.3 Å². The Kier molecular flexibility index (Phi) is 5.09. The quantitative estimate of drug-likeness (QED) is 0.759. The third kappa shape index (κ3) is 4.42. The number of rotatable bonds is 2.